The van der Waals surface area contributed by atoms with Crippen molar-refractivity contribution >= 4 is 22.5 Å². The van der Waals surface area contributed by atoms with E-state index in [1.807, 2.05) is 24.3 Å². The van der Waals surface area contributed by atoms with Crippen LogP contribution in [-0.2, 0) is 4.79 Å². The number of hydrogen-bond acceptors (Lipinski definition) is 4. The summed E-state index contributed by atoms with van der Waals surface area (Å²) in [7, 11) is 1.79. The van der Waals surface area contributed by atoms with Crippen molar-refractivity contribution in [2.75, 3.05) is 12.4 Å². The van der Waals surface area contributed by atoms with Crippen LogP contribution in [0.2, 0.25) is 0 Å². The Morgan fingerprint density at radius 2 is 2.21 bits per heavy atom. The van der Waals surface area contributed by atoms with Crippen LogP contribution in [0.1, 0.15) is 32.1 Å². The summed E-state index contributed by atoms with van der Waals surface area (Å²) in [5.74, 6) is -0.223. The third kappa shape index (κ3) is 3.40. The number of nitriles is 1. The SMILES string of the molecule is CN(C(=O)/C(C#N)=C\Nc1ccc2cn[nH]c2c1)C1CCCCC1. The van der Waals surface area contributed by atoms with Gasteiger partial charge in [0.05, 0.1) is 11.7 Å². The fourth-order valence-corrected chi connectivity index (χ4v) is 3.15. The maximum Gasteiger partial charge on any atom is 0.266 e. The molecular weight excluding hydrogens is 302 g/mol. The van der Waals surface area contributed by atoms with Gasteiger partial charge in [-0.3, -0.25) is 9.89 Å². The average Bonchev–Trinajstić information content (AvgIpc) is 3.10. The van der Waals surface area contributed by atoms with Gasteiger partial charge in [0.1, 0.15) is 11.6 Å². The van der Waals surface area contributed by atoms with Gasteiger partial charge in [0.25, 0.3) is 5.91 Å². The molecule has 6 heteroatoms. The molecule has 1 saturated carbocycles. The second kappa shape index (κ2) is 7.18. The van der Waals surface area contributed by atoms with Gasteiger partial charge in [-0.1, -0.05) is 19.3 Å². The molecule has 0 aliphatic heterocycles. The first-order valence-corrected chi connectivity index (χ1v) is 8.26. The van der Waals surface area contributed by atoms with E-state index in [1.54, 1.807) is 18.1 Å². The highest BCUT2D eigenvalue weighted by Crippen LogP contribution is 2.23. The minimum atomic E-state index is -0.223. The van der Waals surface area contributed by atoms with Gasteiger partial charge in [-0.05, 0) is 31.0 Å². The van der Waals surface area contributed by atoms with Gasteiger partial charge >= 0.3 is 0 Å². The summed E-state index contributed by atoms with van der Waals surface area (Å²) in [4.78, 5) is 14.3. The van der Waals surface area contributed by atoms with Gasteiger partial charge in [-0.2, -0.15) is 10.4 Å². The first-order chi connectivity index (χ1) is 11.7. The molecule has 0 radical (unpaired) electrons. The van der Waals surface area contributed by atoms with Crippen molar-refractivity contribution in [3.05, 3.63) is 36.2 Å². The standard InChI is InChI=1S/C18H21N5O/c1-23(16-5-3-2-4-6-16)18(24)14(10-19)11-20-15-8-7-13-12-21-22-17(13)9-15/h7-9,11-12,16,20H,2-6H2,1H3,(H,21,22)/b14-11-. The van der Waals surface area contributed by atoms with Crippen molar-refractivity contribution in [1.29, 1.82) is 5.26 Å². The molecule has 124 valence electrons. The molecule has 0 spiro atoms. The Hall–Kier alpha value is -2.81. The Morgan fingerprint density at radius 1 is 1.42 bits per heavy atom. The number of rotatable bonds is 4. The largest absolute Gasteiger partial charge is 0.360 e. The summed E-state index contributed by atoms with van der Waals surface area (Å²) >= 11 is 0. The van der Waals surface area contributed by atoms with Crippen molar-refractivity contribution in [3.63, 3.8) is 0 Å². The molecule has 1 amide bonds. The number of nitrogens with zero attached hydrogens (tertiary/aromatic N) is 3. The van der Waals surface area contributed by atoms with E-state index >= 15 is 0 Å². The minimum absolute atomic E-state index is 0.118. The summed E-state index contributed by atoms with van der Waals surface area (Å²) in [5.41, 5.74) is 1.82. The molecule has 6 nitrogen and oxygen atoms in total. The van der Waals surface area contributed by atoms with Gasteiger partial charge in [-0.15, -0.1) is 0 Å². The summed E-state index contributed by atoms with van der Waals surface area (Å²) in [6.07, 6.45) is 8.80. The van der Waals surface area contributed by atoms with Crippen LogP contribution in [-0.4, -0.2) is 34.1 Å². The Kier molecular flexibility index (Phi) is 4.80. The second-order valence-electron chi connectivity index (χ2n) is 6.19. The minimum Gasteiger partial charge on any atom is -0.360 e. The van der Waals surface area contributed by atoms with Crippen molar-refractivity contribution in [3.8, 4) is 6.07 Å². The molecule has 3 rings (SSSR count). The van der Waals surface area contributed by atoms with Gasteiger partial charge < -0.3 is 10.2 Å². The van der Waals surface area contributed by atoms with E-state index in [-0.39, 0.29) is 17.5 Å². The molecule has 0 unspecified atom stereocenters. The number of carbonyl (C=O) groups excluding carboxylic acids is 1. The van der Waals surface area contributed by atoms with Gasteiger partial charge in [-0.25, -0.2) is 0 Å². The normalized spacial score (nSPS) is 15.9. The number of likely N-dealkylation sites (N-methyl/N-ethyl adjacent to an activating group) is 1. The van der Waals surface area contributed by atoms with E-state index in [2.05, 4.69) is 15.5 Å². The zero-order chi connectivity index (χ0) is 16.9. The molecule has 1 aliphatic carbocycles. The molecule has 2 aromatic rings. The number of H-pyrrole nitrogens is 1. The molecule has 1 heterocycles. The van der Waals surface area contributed by atoms with E-state index in [0.29, 0.717) is 0 Å². The third-order valence-electron chi connectivity index (χ3n) is 4.62. The Balaban J connectivity index is 1.71. The lowest BCUT2D eigenvalue weighted by atomic mass is 9.94. The monoisotopic (exact) mass is 323 g/mol. The fraction of sp³-hybridized carbons (Fsp3) is 0.389. The lowest BCUT2D eigenvalue weighted by Gasteiger charge is -2.31. The molecule has 2 N–H and O–H groups in total. The molecule has 24 heavy (non-hydrogen) atoms. The Bertz CT molecular complexity index is 795. The van der Waals surface area contributed by atoms with Crippen LogP contribution in [0.3, 0.4) is 0 Å². The molecule has 0 saturated heterocycles. The Labute approximate surface area is 141 Å². The maximum absolute atomic E-state index is 12.5. The van der Waals surface area contributed by atoms with Crippen molar-refractivity contribution in [1.82, 2.24) is 15.1 Å². The highest BCUT2D eigenvalue weighted by atomic mass is 16.2. The highest BCUT2D eigenvalue weighted by molar-refractivity contribution is 5.97. The molecule has 1 fully saturated rings. The summed E-state index contributed by atoms with van der Waals surface area (Å²) in [6.45, 7) is 0. The molecule has 0 bridgehead atoms. The van der Waals surface area contributed by atoms with Crippen LogP contribution in [0.15, 0.2) is 36.2 Å². The van der Waals surface area contributed by atoms with Crippen LogP contribution < -0.4 is 5.32 Å². The van der Waals surface area contributed by atoms with Crippen LogP contribution in [0, 0.1) is 11.3 Å². The molecule has 1 aromatic heterocycles. The smallest absolute Gasteiger partial charge is 0.266 e. The van der Waals surface area contributed by atoms with Crippen molar-refractivity contribution in [2.24, 2.45) is 0 Å². The lowest BCUT2D eigenvalue weighted by molar-refractivity contribution is -0.128. The summed E-state index contributed by atoms with van der Waals surface area (Å²) in [6, 6.07) is 7.96. The maximum atomic E-state index is 12.5. The van der Waals surface area contributed by atoms with Gasteiger partial charge in [0.2, 0.25) is 0 Å². The Morgan fingerprint density at radius 3 is 2.96 bits per heavy atom. The van der Waals surface area contributed by atoms with E-state index in [0.717, 1.165) is 42.3 Å². The number of benzene rings is 1. The number of carbonyl (C=O) groups is 1. The quantitative estimate of drug-likeness (QED) is 0.668. The van der Waals surface area contributed by atoms with E-state index in [1.165, 1.54) is 12.6 Å². The molecule has 1 aromatic carbocycles. The first kappa shape index (κ1) is 16.1. The number of fused-ring (bicyclic) bond motifs is 1. The van der Waals surface area contributed by atoms with Crippen molar-refractivity contribution in [2.45, 2.75) is 38.1 Å². The lowest BCUT2D eigenvalue weighted by Crippen LogP contribution is -2.39. The zero-order valence-electron chi connectivity index (χ0n) is 13.7. The fourth-order valence-electron chi connectivity index (χ4n) is 3.15. The molecule has 0 atom stereocenters. The molecule has 1 aliphatic rings. The predicted octanol–water partition coefficient (Wildman–Crippen LogP) is 3.17. The summed E-state index contributed by atoms with van der Waals surface area (Å²) < 4.78 is 0. The predicted molar refractivity (Wildman–Crippen MR) is 93.1 cm³/mol. The second-order valence-corrected chi connectivity index (χ2v) is 6.19. The van der Waals surface area contributed by atoms with E-state index in [9.17, 15) is 10.1 Å². The number of amides is 1. The third-order valence-corrected chi connectivity index (χ3v) is 4.62. The first-order valence-electron chi connectivity index (χ1n) is 8.26. The molecular formula is C18H21N5O. The van der Waals surface area contributed by atoms with Gasteiger partial charge in [0, 0.05) is 30.4 Å². The number of anilines is 1. The topological polar surface area (TPSA) is 84.8 Å². The number of aromatic nitrogens is 2. The van der Waals surface area contributed by atoms with E-state index in [4.69, 9.17) is 0 Å². The van der Waals surface area contributed by atoms with E-state index < -0.39 is 0 Å². The van der Waals surface area contributed by atoms with Crippen LogP contribution in [0.25, 0.3) is 10.9 Å². The van der Waals surface area contributed by atoms with Crippen LogP contribution >= 0.6 is 0 Å². The van der Waals surface area contributed by atoms with Crippen LogP contribution in [0.5, 0.6) is 0 Å². The average molecular weight is 323 g/mol. The van der Waals surface area contributed by atoms with Gasteiger partial charge in [0.15, 0.2) is 0 Å². The number of aromatic amines is 1. The number of nitrogens with one attached hydrogen (secondary N) is 2. The highest BCUT2D eigenvalue weighted by Gasteiger charge is 2.24. The summed E-state index contributed by atoms with van der Waals surface area (Å²) in [5, 5.41) is 20.3. The van der Waals surface area contributed by atoms with Crippen LogP contribution in [0.4, 0.5) is 5.69 Å². The zero-order valence-corrected chi connectivity index (χ0v) is 13.7. The van der Waals surface area contributed by atoms with Crippen molar-refractivity contribution < 1.29 is 4.79 Å². The number of hydrogen-bond donors (Lipinski definition) is 2.